The van der Waals surface area contributed by atoms with Gasteiger partial charge in [0, 0.05) is 17.8 Å². The van der Waals surface area contributed by atoms with Crippen LogP contribution in [0, 0.1) is 0 Å². The summed E-state index contributed by atoms with van der Waals surface area (Å²) in [5.74, 6) is 0.309. The molecule has 1 heterocycles. The lowest BCUT2D eigenvalue weighted by atomic mass is 10.0. The predicted octanol–water partition coefficient (Wildman–Crippen LogP) is 2.86. The molecular weight excluding hydrogens is 267 g/mol. The SMILES string of the molecule is CCc1nc(CCC(F)(F)F)nc(CC)c1CCNC. The molecule has 0 saturated carbocycles. The van der Waals surface area contributed by atoms with E-state index in [0.29, 0.717) is 18.7 Å². The standard InChI is InChI=1S/C14H22F3N3/c1-4-11-10(7-9-18-3)12(5-2)20-13(19-11)6-8-14(15,16)17/h18H,4-9H2,1-3H3. The summed E-state index contributed by atoms with van der Waals surface area (Å²) in [5.41, 5.74) is 2.84. The van der Waals surface area contributed by atoms with Gasteiger partial charge in [-0.1, -0.05) is 13.8 Å². The van der Waals surface area contributed by atoms with Gasteiger partial charge >= 0.3 is 6.18 Å². The van der Waals surface area contributed by atoms with Gasteiger partial charge in [-0.05, 0) is 38.4 Å². The van der Waals surface area contributed by atoms with Gasteiger partial charge in [-0.2, -0.15) is 13.2 Å². The second kappa shape index (κ2) is 7.57. The number of hydrogen-bond acceptors (Lipinski definition) is 3. The second-order valence-corrected chi connectivity index (χ2v) is 4.69. The molecule has 20 heavy (non-hydrogen) atoms. The van der Waals surface area contributed by atoms with Crippen LogP contribution in [0.2, 0.25) is 0 Å². The van der Waals surface area contributed by atoms with Crippen molar-refractivity contribution in [2.45, 2.75) is 52.1 Å². The number of nitrogens with one attached hydrogen (secondary N) is 1. The molecule has 3 nitrogen and oxygen atoms in total. The van der Waals surface area contributed by atoms with Crippen molar-refractivity contribution in [3.8, 4) is 0 Å². The molecule has 0 aliphatic heterocycles. The maximum atomic E-state index is 12.3. The fourth-order valence-electron chi connectivity index (χ4n) is 2.13. The maximum Gasteiger partial charge on any atom is 0.389 e. The van der Waals surface area contributed by atoms with Crippen molar-refractivity contribution in [3.63, 3.8) is 0 Å². The van der Waals surface area contributed by atoms with E-state index < -0.39 is 12.6 Å². The van der Waals surface area contributed by atoms with Crippen molar-refractivity contribution < 1.29 is 13.2 Å². The summed E-state index contributed by atoms with van der Waals surface area (Å²) < 4.78 is 36.9. The van der Waals surface area contributed by atoms with Crippen molar-refractivity contribution in [2.75, 3.05) is 13.6 Å². The fourth-order valence-corrected chi connectivity index (χ4v) is 2.13. The number of hydrogen-bond donors (Lipinski definition) is 1. The molecule has 0 aromatic carbocycles. The Hall–Kier alpha value is -1.17. The number of nitrogens with zero attached hydrogens (tertiary/aromatic N) is 2. The normalized spacial score (nSPS) is 11.9. The molecule has 0 aliphatic carbocycles. The van der Waals surface area contributed by atoms with E-state index in [1.807, 2.05) is 20.9 Å². The summed E-state index contributed by atoms with van der Waals surface area (Å²) >= 11 is 0. The lowest BCUT2D eigenvalue weighted by molar-refractivity contribution is -0.134. The number of aryl methyl sites for hydroxylation is 3. The van der Waals surface area contributed by atoms with Crippen LogP contribution in [0.3, 0.4) is 0 Å². The van der Waals surface area contributed by atoms with Crippen LogP contribution in [0.1, 0.15) is 43.0 Å². The van der Waals surface area contributed by atoms with E-state index in [-0.39, 0.29) is 6.42 Å². The van der Waals surface area contributed by atoms with Crippen LogP contribution in [0.4, 0.5) is 13.2 Å². The third-order valence-corrected chi connectivity index (χ3v) is 3.15. The zero-order valence-corrected chi connectivity index (χ0v) is 12.3. The zero-order chi connectivity index (χ0) is 15.2. The number of aromatic nitrogens is 2. The molecule has 6 heteroatoms. The van der Waals surface area contributed by atoms with Crippen LogP contribution < -0.4 is 5.32 Å². The summed E-state index contributed by atoms with van der Waals surface area (Å²) in [5, 5.41) is 3.07. The highest BCUT2D eigenvalue weighted by Crippen LogP contribution is 2.22. The molecule has 0 amide bonds. The number of rotatable bonds is 7. The highest BCUT2D eigenvalue weighted by Gasteiger charge is 2.27. The molecule has 0 saturated heterocycles. The van der Waals surface area contributed by atoms with Gasteiger partial charge in [-0.25, -0.2) is 9.97 Å². The van der Waals surface area contributed by atoms with Gasteiger partial charge in [0.2, 0.25) is 0 Å². The number of alkyl halides is 3. The van der Waals surface area contributed by atoms with E-state index in [0.717, 1.165) is 29.9 Å². The van der Waals surface area contributed by atoms with Crippen molar-refractivity contribution >= 4 is 0 Å². The minimum atomic E-state index is -4.16. The molecule has 0 bridgehead atoms. The molecule has 0 radical (unpaired) electrons. The Morgan fingerprint density at radius 2 is 1.55 bits per heavy atom. The van der Waals surface area contributed by atoms with Gasteiger partial charge in [-0.3, -0.25) is 0 Å². The Balaban J connectivity index is 2.99. The molecule has 114 valence electrons. The van der Waals surface area contributed by atoms with Gasteiger partial charge in [0.1, 0.15) is 5.82 Å². The Morgan fingerprint density at radius 1 is 1.00 bits per heavy atom. The van der Waals surface area contributed by atoms with E-state index in [4.69, 9.17) is 0 Å². The highest BCUT2D eigenvalue weighted by molar-refractivity contribution is 5.27. The van der Waals surface area contributed by atoms with Crippen LogP contribution in [-0.2, 0) is 25.7 Å². The van der Waals surface area contributed by atoms with Gasteiger partial charge in [0.25, 0.3) is 0 Å². The van der Waals surface area contributed by atoms with Crippen LogP contribution in [0.25, 0.3) is 0 Å². The van der Waals surface area contributed by atoms with Crippen LogP contribution >= 0.6 is 0 Å². The summed E-state index contributed by atoms with van der Waals surface area (Å²) in [4.78, 5) is 8.63. The van der Waals surface area contributed by atoms with Crippen LogP contribution in [-0.4, -0.2) is 29.7 Å². The lowest BCUT2D eigenvalue weighted by Gasteiger charge is -2.14. The third kappa shape index (κ3) is 5.07. The van der Waals surface area contributed by atoms with Crippen LogP contribution in [0.5, 0.6) is 0 Å². The third-order valence-electron chi connectivity index (χ3n) is 3.15. The molecule has 0 spiro atoms. The Bertz CT molecular complexity index is 405. The monoisotopic (exact) mass is 289 g/mol. The smallest absolute Gasteiger partial charge is 0.319 e. The van der Waals surface area contributed by atoms with E-state index in [1.165, 1.54) is 0 Å². The quantitative estimate of drug-likeness (QED) is 0.838. The minimum absolute atomic E-state index is 0.143. The summed E-state index contributed by atoms with van der Waals surface area (Å²) in [6.45, 7) is 4.75. The molecule has 0 aliphatic rings. The Morgan fingerprint density at radius 3 is 1.95 bits per heavy atom. The van der Waals surface area contributed by atoms with E-state index in [9.17, 15) is 13.2 Å². The summed E-state index contributed by atoms with van der Waals surface area (Å²) in [6.07, 6.45) is -2.93. The average molecular weight is 289 g/mol. The topological polar surface area (TPSA) is 37.8 Å². The van der Waals surface area contributed by atoms with Crippen molar-refractivity contribution in [1.82, 2.24) is 15.3 Å². The largest absolute Gasteiger partial charge is 0.389 e. The van der Waals surface area contributed by atoms with E-state index in [1.54, 1.807) is 0 Å². The first-order valence-electron chi connectivity index (χ1n) is 7.00. The summed E-state index contributed by atoms with van der Waals surface area (Å²) in [6, 6.07) is 0. The summed E-state index contributed by atoms with van der Waals surface area (Å²) in [7, 11) is 1.87. The fraction of sp³-hybridized carbons (Fsp3) is 0.714. The maximum absolute atomic E-state index is 12.3. The lowest BCUT2D eigenvalue weighted by Crippen LogP contribution is -2.17. The Labute approximate surface area is 118 Å². The molecule has 1 rings (SSSR count). The first kappa shape index (κ1) is 16.9. The van der Waals surface area contributed by atoms with Crippen molar-refractivity contribution in [1.29, 1.82) is 0 Å². The van der Waals surface area contributed by atoms with Gasteiger partial charge < -0.3 is 5.32 Å². The van der Waals surface area contributed by atoms with Gasteiger partial charge in [0.15, 0.2) is 0 Å². The molecule has 0 fully saturated rings. The minimum Gasteiger partial charge on any atom is -0.319 e. The zero-order valence-electron chi connectivity index (χ0n) is 12.3. The molecule has 1 aromatic heterocycles. The first-order chi connectivity index (χ1) is 9.41. The molecule has 1 aromatic rings. The Kier molecular flexibility index (Phi) is 6.39. The van der Waals surface area contributed by atoms with Crippen LogP contribution in [0.15, 0.2) is 0 Å². The predicted molar refractivity (Wildman–Crippen MR) is 72.8 cm³/mol. The molecule has 0 atom stereocenters. The van der Waals surface area contributed by atoms with E-state index in [2.05, 4.69) is 15.3 Å². The first-order valence-corrected chi connectivity index (χ1v) is 7.00. The average Bonchev–Trinajstić information content (AvgIpc) is 2.41. The second-order valence-electron chi connectivity index (χ2n) is 4.69. The molecular formula is C14H22F3N3. The number of likely N-dealkylation sites (N-methyl/N-ethyl adjacent to an activating group) is 1. The molecule has 0 unspecified atom stereocenters. The van der Waals surface area contributed by atoms with Gasteiger partial charge in [0.05, 0.1) is 6.42 Å². The highest BCUT2D eigenvalue weighted by atomic mass is 19.4. The van der Waals surface area contributed by atoms with E-state index >= 15 is 0 Å². The molecule has 1 N–H and O–H groups in total. The van der Waals surface area contributed by atoms with Crippen molar-refractivity contribution in [2.24, 2.45) is 0 Å². The van der Waals surface area contributed by atoms with Crippen molar-refractivity contribution in [3.05, 3.63) is 22.8 Å². The van der Waals surface area contributed by atoms with Gasteiger partial charge in [-0.15, -0.1) is 0 Å². The number of halogens is 3.